The first-order valence-corrected chi connectivity index (χ1v) is 14.5. The average molecular weight is 671 g/mol. The maximum Gasteiger partial charge on any atom is 0.167 e. The third kappa shape index (κ3) is 7.33. The van der Waals surface area contributed by atoms with Gasteiger partial charge in [0.25, 0.3) is 0 Å². The molecule has 2 aromatic heterocycles. The number of fused-ring (bicyclic) bond motifs is 2. The van der Waals surface area contributed by atoms with Crippen molar-refractivity contribution < 1.29 is 37.2 Å². The van der Waals surface area contributed by atoms with Crippen molar-refractivity contribution in [1.29, 1.82) is 0 Å². The Hall–Kier alpha value is -6.04. The quantitative estimate of drug-likeness (QED) is 0.0909. The molecular weight excluding hydrogens is 642 g/mol. The van der Waals surface area contributed by atoms with E-state index >= 15 is 0 Å². The number of nitrogens with two attached hydrogens (primary N) is 1. The summed E-state index contributed by atoms with van der Waals surface area (Å²) in [5.74, 6) is 2.13. The van der Waals surface area contributed by atoms with Crippen molar-refractivity contribution in [2.45, 2.75) is 0 Å². The monoisotopic (exact) mass is 670 g/mol. The Labute approximate surface area is 279 Å². The summed E-state index contributed by atoms with van der Waals surface area (Å²) >= 11 is 4.51. The van der Waals surface area contributed by atoms with E-state index in [0.29, 0.717) is 67.7 Å². The fraction of sp³-hybridized carbons (Fsp3) is 0.114. The lowest BCUT2D eigenvalue weighted by Crippen LogP contribution is -1.95. The summed E-state index contributed by atoms with van der Waals surface area (Å²) in [6.07, 6.45) is 3.16. The predicted octanol–water partition coefficient (Wildman–Crippen LogP) is 8.68. The van der Waals surface area contributed by atoms with Crippen molar-refractivity contribution in [3.05, 3.63) is 96.8 Å². The minimum Gasteiger partial charge on any atom is -0.493 e. The maximum atomic E-state index is 14.2. The summed E-state index contributed by atoms with van der Waals surface area (Å²) in [6, 6.07) is 18.8. The Balaban J connectivity index is 0.000000188. The van der Waals surface area contributed by atoms with Crippen LogP contribution in [0.5, 0.6) is 46.0 Å². The van der Waals surface area contributed by atoms with E-state index < -0.39 is 11.6 Å². The van der Waals surface area contributed by atoms with Gasteiger partial charge in [-0.25, -0.2) is 8.78 Å². The number of hydrogen-bond acceptors (Lipinski definition) is 11. The van der Waals surface area contributed by atoms with Crippen molar-refractivity contribution >= 4 is 50.6 Å². The normalized spacial score (nSPS) is 10.4. The second-order valence-electron chi connectivity index (χ2n) is 9.78. The van der Waals surface area contributed by atoms with Crippen LogP contribution in [0.15, 0.2) is 90.2 Å². The van der Waals surface area contributed by atoms with E-state index in [4.69, 9.17) is 34.2 Å². The number of nitrogens with zero attached hydrogens (tertiary/aromatic N) is 3. The first-order valence-electron chi connectivity index (χ1n) is 14.1. The van der Waals surface area contributed by atoms with Crippen LogP contribution in [0.25, 0.3) is 21.8 Å². The summed E-state index contributed by atoms with van der Waals surface area (Å²) in [6.45, 7) is 0. The van der Waals surface area contributed by atoms with Crippen molar-refractivity contribution in [3.8, 4) is 46.0 Å². The summed E-state index contributed by atoms with van der Waals surface area (Å²) in [5, 5.41) is 3.54. The molecule has 0 aliphatic carbocycles. The van der Waals surface area contributed by atoms with E-state index in [1.54, 1.807) is 82.3 Å². The summed E-state index contributed by atoms with van der Waals surface area (Å²) in [5.41, 5.74) is 7.53. The molecular formula is C35H28F2N4O6S. The molecule has 0 saturated carbocycles. The van der Waals surface area contributed by atoms with Crippen molar-refractivity contribution in [3.63, 3.8) is 0 Å². The Morgan fingerprint density at radius 1 is 0.583 bits per heavy atom. The van der Waals surface area contributed by atoms with Gasteiger partial charge in [0.2, 0.25) is 0 Å². The fourth-order valence-electron chi connectivity index (χ4n) is 4.60. The number of methoxy groups -OCH3 is 4. The molecule has 4 aromatic carbocycles. The highest BCUT2D eigenvalue weighted by atomic mass is 32.1. The second kappa shape index (κ2) is 15.0. The highest BCUT2D eigenvalue weighted by Gasteiger charge is 2.15. The number of pyridine rings is 2. The Morgan fingerprint density at radius 3 is 1.48 bits per heavy atom. The zero-order valence-electron chi connectivity index (χ0n) is 26.1. The Kier molecular flexibility index (Phi) is 10.4. The maximum absolute atomic E-state index is 14.2. The van der Waals surface area contributed by atoms with Crippen molar-refractivity contribution in [2.75, 3.05) is 34.2 Å². The zero-order valence-corrected chi connectivity index (χ0v) is 26.9. The van der Waals surface area contributed by atoms with E-state index in [-0.39, 0.29) is 11.5 Å². The second-order valence-corrected chi connectivity index (χ2v) is 9.96. The molecule has 6 aromatic rings. The number of halogens is 2. The number of aromatic nitrogens is 2. The van der Waals surface area contributed by atoms with Crippen LogP contribution in [-0.2, 0) is 0 Å². The van der Waals surface area contributed by atoms with E-state index in [1.165, 1.54) is 31.4 Å². The van der Waals surface area contributed by atoms with Gasteiger partial charge in [0.05, 0.1) is 50.3 Å². The van der Waals surface area contributed by atoms with Gasteiger partial charge in [0, 0.05) is 53.1 Å². The van der Waals surface area contributed by atoms with Gasteiger partial charge >= 0.3 is 0 Å². The van der Waals surface area contributed by atoms with Crippen LogP contribution in [0.1, 0.15) is 0 Å². The number of aliphatic imine (C=N–C) groups is 1. The van der Waals surface area contributed by atoms with Crippen molar-refractivity contribution in [2.24, 2.45) is 4.99 Å². The van der Waals surface area contributed by atoms with Gasteiger partial charge in [0.15, 0.2) is 46.1 Å². The third-order valence-corrected chi connectivity index (χ3v) is 6.99. The number of nitrogen functional groups attached to an aromatic ring is 1. The number of thiocarbonyl (C=S) groups is 1. The molecule has 2 N–H and O–H groups in total. The van der Waals surface area contributed by atoms with Gasteiger partial charge in [-0.15, -0.1) is 0 Å². The first-order chi connectivity index (χ1) is 23.3. The van der Waals surface area contributed by atoms with Crippen LogP contribution in [-0.4, -0.2) is 43.6 Å². The predicted molar refractivity (Wildman–Crippen MR) is 182 cm³/mol. The zero-order chi connectivity index (χ0) is 34.2. The topological polar surface area (TPSA) is 120 Å². The van der Waals surface area contributed by atoms with E-state index in [1.807, 2.05) is 0 Å². The summed E-state index contributed by atoms with van der Waals surface area (Å²) in [4.78, 5) is 12.3. The molecule has 10 nitrogen and oxygen atoms in total. The lowest BCUT2D eigenvalue weighted by molar-refractivity contribution is 0.355. The lowest BCUT2D eigenvalue weighted by Gasteiger charge is -2.12. The molecule has 0 bridgehead atoms. The van der Waals surface area contributed by atoms with Crippen LogP contribution in [0.4, 0.5) is 20.2 Å². The molecule has 0 aliphatic heterocycles. The molecule has 244 valence electrons. The van der Waals surface area contributed by atoms with Gasteiger partial charge in [-0.05, 0) is 60.7 Å². The molecule has 0 spiro atoms. The number of isothiocyanates is 1. The molecule has 0 radical (unpaired) electrons. The Bertz CT molecular complexity index is 2160. The van der Waals surface area contributed by atoms with Crippen molar-refractivity contribution in [1.82, 2.24) is 9.97 Å². The molecule has 2 heterocycles. The number of benzene rings is 4. The van der Waals surface area contributed by atoms with Crippen LogP contribution < -0.4 is 34.2 Å². The third-order valence-electron chi connectivity index (χ3n) is 6.90. The molecule has 0 unspecified atom stereocenters. The molecule has 0 atom stereocenters. The minimum atomic E-state index is -0.558. The number of rotatable bonds is 9. The molecule has 0 aliphatic rings. The van der Waals surface area contributed by atoms with Gasteiger partial charge in [-0.2, -0.15) is 4.99 Å². The molecule has 0 fully saturated rings. The number of hydrogen-bond donors (Lipinski definition) is 1. The van der Waals surface area contributed by atoms with Crippen LogP contribution in [0, 0.1) is 11.6 Å². The van der Waals surface area contributed by atoms with E-state index in [2.05, 4.69) is 32.3 Å². The van der Waals surface area contributed by atoms with Crippen LogP contribution >= 0.6 is 12.2 Å². The van der Waals surface area contributed by atoms with Crippen LogP contribution in [0.2, 0.25) is 0 Å². The standard InChI is InChI=1S/C18H13FN2O3S.C17H15FN2O3/c1-22-17-8-12-14(9-18(17)23-2)20-6-5-15(12)24-16-4-3-11(21-10-25)7-13(16)19;1-21-16-8-11-13(9-17(16)22-2)20-6-5-14(11)23-15-4-3-10(19)7-12(15)18/h3-9H,1-2H3;3-9H,19H2,1-2H3. The number of anilines is 1. The smallest absolute Gasteiger partial charge is 0.167 e. The fourth-order valence-corrected chi connectivity index (χ4v) is 4.71. The van der Waals surface area contributed by atoms with Gasteiger partial charge in [0.1, 0.15) is 11.5 Å². The molecule has 0 saturated heterocycles. The highest BCUT2D eigenvalue weighted by molar-refractivity contribution is 7.78. The lowest BCUT2D eigenvalue weighted by atomic mass is 10.2. The molecule has 6 rings (SSSR count). The minimum absolute atomic E-state index is 0.0607. The number of ether oxygens (including phenoxy) is 6. The van der Waals surface area contributed by atoms with Gasteiger partial charge in [-0.1, -0.05) is 0 Å². The average Bonchev–Trinajstić information content (AvgIpc) is 3.10. The molecule has 13 heteroatoms. The van der Waals surface area contributed by atoms with E-state index in [0.717, 1.165) is 0 Å². The molecule has 48 heavy (non-hydrogen) atoms. The van der Waals surface area contributed by atoms with E-state index in [9.17, 15) is 8.78 Å². The summed E-state index contributed by atoms with van der Waals surface area (Å²) < 4.78 is 60.7. The first kappa shape index (κ1) is 33.3. The largest absolute Gasteiger partial charge is 0.493 e. The van der Waals surface area contributed by atoms with Crippen LogP contribution in [0.3, 0.4) is 0 Å². The highest BCUT2D eigenvalue weighted by Crippen LogP contribution is 2.39. The SMILES string of the molecule is COc1cc2nccc(Oc3ccc(N)cc3F)c2cc1OC.COc1cc2nccc(Oc3ccc(N=C=S)cc3F)c2cc1OC. The van der Waals surface area contributed by atoms with Gasteiger partial charge < -0.3 is 34.2 Å². The molecule has 0 amide bonds. The Morgan fingerprint density at radius 2 is 1.04 bits per heavy atom. The summed E-state index contributed by atoms with van der Waals surface area (Å²) in [7, 11) is 6.17. The van der Waals surface area contributed by atoms with Gasteiger partial charge in [-0.3, -0.25) is 9.97 Å².